The summed E-state index contributed by atoms with van der Waals surface area (Å²) in [6.45, 7) is 0.0768. The highest BCUT2D eigenvalue weighted by Crippen LogP contribution is 2.34. The third-order valence-corrected chi connectivity index (χ3v) is 4.43. The fraction of sp³-hybridized carbons (Fsp3) is 0.455. The van der Waals surface area contributed by atoms with Crippen molar-refractivity contribution < 1.29 is 23.0 Å². The molecule has 7 heteroatoms. The van der Waals surface area contributed by atoms with Crippen molar-refractivity contribution in [2.75, 3.05) is 27.3 Å². The van der Waals surface area contributed by atoms with E-state index in [2.05, 4.69) is 0 Å². The molecule has 1 atom stereocenters. The van der Waals surface area contributed by atoms with Gasteiger partial charge in [0.05, 0.1) is 11.5 Å². The first-order valence-electron chi connectivity index (χ1n) is 5.42. The van der Waals surface area contributed by atoms with Crippen LogP contribution in [0.25, 0.3) is 0 Å². The van der Waals surface area contributed by atoms with E-state index in [1.54, 1.807) is 6.07 Å². The highest BCUT2D eigenvalue weighted by Gasteiger charge is 2.24. The van der Waals surface area contributed by atoms with Crippen molar-refractivity contribution in [2.24, 2.45) is 0 Å². The Morgan fingerprint density at radius 3 is 2.72 bits per heavy atom. The van der Waals surface area contributed by atoms with E-state index in [1.807, 2.05) is 0 Å². The van der Waals surface area contributed by atoms with E-state index >= 15 is 0 Å². The Kier molecular flexibility index (Phi) is 3.47. The van der Waals surface area contributed by atoms with Gasteiger partial charge in [0.15, 0.2) is 17.6 Å². The van der Waals surface area contributed by atoms with Gasteiger partial charge in [0.25, 0.3) is 0 Å². The normalized spacial score (nSPS) is 19.0. The number of fused-ring (bicyclic) bond motifs is 1. The summed E-state index contributed by atoms with van der Waals surface area (Å²) in [6, 6.07) is 4.43. The number of rotatable bonds is 3. The van der Waals surface area contributed by atoms with Crippen molar-refractivity contribution in [3.63, 3.8) is 0 Å². The van der Waals surface area contributed by atoms with Crippen LogP contribution in [0.3, 0.4) is 0 Å². The summed E-state index contributed by atoms with van der Waals surface area (Å²) < 4.78 is 35.8. The molecule has 1 aromatic carbocycles. The smallest absolute Gasteiger partial charge is 0.242 e. The molecule has 0 bridgehead atoms. The van der Waals surface area contributed by atoms with Crippen LogP contribution in [0.5, 0.6) is 11.5 Å². The molecule has 18 heavy (non-hydrogen) atoms. The van der Waals surface area contributed by atoms with Gasteiger partial charge < -0.3 is 14.6 Å². The lowest BCUT2D eigenvalue weighted by Gasteiger charge is -2.25. The van der Waals surface area contributed by atoms with Crippen LogP contribution in [0.1, 0.15) is 0 Å². The molecule has 1 unspecified atom stereocenters. The number of nitrogens with zero attached hydrogens (tertiary/aromatic N) is 1. The molecule has 0 aromatic heterocycles. The molecule has 1 aliphatic heterocycles. The van der Waals surface area contributed by atoms with Crippen LogP contribution in [0.2, 0.25) is 0 Å². The first kappa shape index (κ1) is 13.1. The van der Waals surface area contributed by atoms with Gasteiger partial charge in [0.2, 0.25) is 10.0 Å². The minimum atomic E-state index is -3.50. The summed E-state index contributed by atoms with van der Waals surface area (Å²) in [7, 11) is -0.577. The third kappa shape index (κ3) is 2.29. The maximum absolute atomic E-state index is 11.9. The molecule has 1 N–H and O–H groups in total. The van der Waals surface area contributed by atoms with Gasteiger partial charge in [-0.3, -0.25) is 0 Å². The molecule has 0 saturated carbocycles. The van der Waals surface area contributed by atoms with Gasteiger partial charge in [-0.2, -0.15) is 0 Å². The Morgan fingerprint density at radius 1 is 1.39 bits per heavy atom. The fourth-order valence-corrected chi connectivity index (χ4v) is 2.47. The van der Waals surface area contributed by atoms with Gasteiger partial charge in [-0.1, -0.05) is 0 Å². The van der Waals surface area contributed by atoms with Gasteiger partial charge in [0.1, 0.15) is 6.61 Å². The zero-order valence-electron chi connectivity index (χ0n) is 10.2. The second-order valence-corrected chi connectivity index (χ2v) is 6.28. The SMILES string of the molecule is CN(C)S(=O)(=O)c1ccc2c(c1)OC(CO)CO2. The van der Waals surface area contributed by atoms with E-state index in [1.165, 1.54) is 26.2 Å². The van der Waals surface area contributed by atoms with E-state index in [-0.39, 0.29) is 18.1 Å². The summed E-state index contributed by atoms with van der Waals surface area (Å²) in [5.41, 5.74) is 0. The zero-order valence-corrected chi connectivity index (χ0v) is 11.0. The Morgan fingerprint density at radius 2 is 2.11 bits per heavy atom. The maximum Gasteiger partial charge on any atom is 0.242 e. The summed E-state index contributed by atoms with van der Waals surface area (Å²) in [4.78, 5) is 0.133. The molecule has 0 radical (unpaired) electrons. The van der Waals surface area contributed by atoms with Gasteiger partial charge in [-0.25, -0.2) is 12.7 Å². The summed E-state index contributed by atoms with van der Waals surface area (Å²) in [6.07, 6.45) is -0.463. The molecule has 0 amide bonds. The molecule has 0 spiro atoms. The van der Waals surface area contributed by atoms with Gasteiger partial charge in [-0.15, -0.1) is 0 Å². The van der Waals surface area contributed by atoms with Crippen LogP contribution in [-0.2, 0) is 10.0 Å². The Hall–Kier alpha value is -1.31. The number of benzene rings is 1. The largest absolute Gasteiger partial charge is 0.486 e. The highest BCUT2D eigenvalue weighted by molar-refractivity contribution is 7.89. The van der Waals surface area contributed by atoms with Crippen molar-refractivity contribution in [1.82, 2.24) is 4.31 Å². The Balaban J connectivity index is 2.38. The Labute approximate surface area is 106 Å². The number of hydrogen-bond donors (Lipinski definition) is 1. The number of aliphatic hydroxyl groups excluding tert-OH is 1. The van der Waals surface area contributed by atoms with E-state index < -0.39 is 16.1 Å². The van der Waals surface area contributed by atoms with E-state index in [4.69, 9.17) is 14.6 Å². The summed E-state index contributed by atoms with van der Waals surface area (Å²) >= 11 is 0. The van der Waals surface area contributed by atoms with Crippen molar-refractivity contribution in [3.8, 4) is 11.5 Å². The number of aliphatic hydroxyl groups is 1. The van der Waals surface area contributed by atoms with Crippen LogP contribution in [0.15, 0.2) is 23.1 Å². The minimum Gasteiger partial charge on any atom is -0.486 e. The summed E-state index contributed by atoms with van der Waals surface area (Å²) in [5, 5.41) is 9.00. The van der Waals surface area contributed by atoms with Gasteiger partial charge in [0, 0.05) is 20.2 Å². The van der Waals surface area contributed by atoms with Crippen molar-refractivity contribution in [3.05, 3.63) is 18.2 Å². The molecular formula is C11H15NO5S. The van der Waals surface area contributed by atoms with Crippen LogP contribution in [0, 0.1) is 0 Å². The second kappa shape index (κ2) is 4.75. The molecule has 2 rings (SSSR count). The molecule has 0 fully saturated rings. The lowest BCUT2D eigenvalue weighted by atomic mass is 10.2. The van der Waals surface area contributed by atoms with Crippen LogP contribution >= 0.6 is 0 Å². The van der Waals surface area contributed by atoms with Crippen molar-refractivity contribution in [2.45, 2.75) is 11.0 Å². The highest BCUT2D eigenvalue weighted by atomic mass is 32.2. The standard InChI is InChI=1S/C11H15NO5S/c1-12(2)18(14,15)9-3-4-10-11(5-9)17-8(6-13)7-16-10/h3-5,8,13H,6-7H2,1-2H3. The van der Waals surface area contributed by atoms with E-state index in [0.717, 1.165) is 4.31 Å². The van der Waals surface area contributed by atoms with E-state index in [0.29, 0.717) is 11.5 Å². The molecule has 0 saturated heterocycles. The van der Waals surface area contributed by atoms with Gasteiger partial charge >= 0.3 is 0 Å². The number of ether oxygens (including phenoxy) is 2. The average molecular weight is 273 g/mol. The fourth-order valence-electron chi connectivity index (χ4n) is 1.56. The van der Waals surface area contributed by atoms with E-state index in [9.17, 15) is 8.42 Å². The lowest BCUT2D eigenvalue weighted by molar-refractivity contribution is 0.0453. The molecule has 0 aliphatic carbocycles. The lowest BCUT2D eigenvalue weighted by Crippen LogP contribution is -2.32. The maximum atomic E-state index is 11.9. The average Bonchev–Trinajstić information content (AvgIpc) is 2.37. The second-order valence-electron chi connectivity index (χ2n) is 4.13. The van der Waals surface area contributed by atoms with Crippen LogP contribution in [0.4, 0.5) is 0 Å². The molecular weight excluding hydrogens is 258 g/mol. The molecule has 6 nitrogen and oxygen atoms in total. The van der Waals surface area contributed by atoms with Gasteiger partial charge in [-0.05, 0) is 12.1 Å². The minimum absolute atomic E-state index is 0.133. The zero-order chi connectivity index (χ0) is 13.3. The molecule has 1 aliphatic rings. The predicted octanol–water partition coefficient (Wildman–Crippen LogP) is 0.0690. The van der Waals surface area contributed by atoms with Crippen molar-refractivity contribution >= 4 is 10.0 Å². The van der Waals surface area contributed by atoms with Crippen LogP contribution < -0.4 is 9.47 Å². The number of sulfonamides is 1. The monoisotopic (exact) mass is 273 g/mol. The van der Waals surface area contributed by atoms with Crippen LogP contribution in [-0.4, -0.2) is 51.2 Å². The Bertz CT molecular complexity index is 540. The molecule has 1 aromatic rings. The quantitative estimate of drug-likeness (QED) is 0.843. The first-order chi connectivity index (χ1) is 8.45. The first-order valence-corrected chi connectivity index (χ1v) is 6.86. The molecule has 1 heterocycles. The summed E-state index contributed by atoms with van der Waals surface area (Å²) in [5.74, 6) is 0.820. The molecule has 100 valence electrons. The predicted molar refractivity (Wildman–Crippen MR) is 64.3 cm³/mol. The topological polar surface area (TPSA) is 76.1 Å². The number of hydrogen-bond acceptors (Lipinski definition) is 5. The van der Waals surface area contributed by atoms with Crippen molar-refractivity contribution in [1.29, 1.82) is 0 Å². The third-order valence-electron chi connectivity index (χ3n) is 2.62.